The van der Waals surface area contributed by atoms with Crippen LogP contribution in [0.1, 0.15) is 25.3 Å². The minimum Gasteiger partial charge on any atom is -0.370 e. The minimum absolute atomic E-state index is 0.208. The smallest absolute Gasteiger partial charge is 0.152 e. The molecule has 0 aliphatic rings. The van der Waals surface area contributed by atoms with Crippen LogP contribution in [-0.4, -0.2) is 39.6 Å². The molecule has 0 amide bonds. The van der Waals surface area contributed by atoms with Crippen molar-refractivity contribution in [2.75, 3.05) is 36.0 Å². The molecule has 0 saturated carbocycles. The van der Waals surface area contributed by atoms with Crippen LogP contribution in [0.25, 0.3) is 0 Å². The van der Waals surface area contributed by atoms with Crippen molar-refractivity contribution < 1.29 is 8.42 Å². The molecule has 4 nitrogen and oxygen atoms in total. The number of rotatable bonds is 9. The Bertz CT molecular complexity index is 500. The summed E-state index contributed by atoms with van der Waals surface area (Å²) in [7, 11) is -2.95. The van der Waals surface area contributed by atoms with Gasteiger partial charge in [-0.25, -0.2) is 8.42 Å². The van der Waals surface area contributed by atoms with E-state index in [4.69, 9.17) is 5.73 Å². The van der Waals surface area contributed by atoms with Crippen LogP contribution in [0.4, 0.5) is 5.69 Å². The lowest BCUT2D eigenvalue weighted by Gasteiger charge is -2.26. The minimum atomic E-state index is -2.95. The van der Waals surface area contributed by atoms with E-state index in [1.165, 1.54) is 0 Å². The predicted octanol–water partition coefficient (Wildman–Crippen LogP) is 1.98. The first-order valence-electron chi connectivity index (χ1n) is 7.21. The highest BCUT2D eigenvalue weighted by Crippen LogP contribution is 2.19. The molecular weight excluding hydrogens is 272 g/mol. The van der Waals surface area contributed by atoms with Gasteiger partial charge in [0.2, 0.25) is 0 Å². The van der Waals surface area contributed by atoms with Crippen LogP contribution in [0.15, 0.2) is 24.3 Å². The van der Waals surface area contributed by atoms with E-state index in [9.17, 15) is 8.42 Å². The fourth-order valence-electron chi connectivity index (χ4n) is 2.22. The van der Waals surface area contributed by atoms with Crippen LogP contribution in [0.2, 0.25) is 0 Å². The summed E-state index contributed by atoms with van der Waals surface area (Å²) in [4.78, 5) is 2.13. The molecule has 114 valence electrons. The fraction of sp³-hybridized carbons (Fsp3) is 0.600. The Morgan fingerprint density at radius 2 is 1.85 bits per heavy atom. The SMILES string of the molecule is CCCS(=O)(=O)CCN(CCCN)c1ccccc1C. The lowest BCUT2D eigenvalue weighted by molar-refractivity contribution is 0.592. The van der Waals surface area contributed by atoms with Crippen molar-refractivity contribution >= 4 is 15.5 Å². The average molecular weight is 298 g/mol. The molecule has 0 bridgehead atoms. The lowest BCUT2D eigenvalue weighted by atomic mass is 10.1. The Morgan fingerprint density at radius 3 is 2.45 bits per heavy atom. The Balaban J connectivity index is 2.78. The Hall–Kier alpha value is -1.07. The molecule has 0 spiro atoms. The zero-order chi connectivity index (χ0) is 15.0. The van der Waals surface area contributed by atoms with Gasteiger partial charge in [-0.3, -0.25) is 0 Å². The van der Waals surface area contributed by atoms with Crippen LogP contribution >= 0.6 is 0 Å². The van der Waals surface area contributed by atoms with Gasteiger partial charge in [0.25, 0.3) is 0 Å². The van der Waals surface area contributed by atoms with Crippen LogP contribution in [0, 0.1) is 6.92 Å². The second kappa shape index (κ2) is 8.27. The highest BCUT2D eigenvalue weighted by molar-refractivity contribution is 7.91. The zero-order valence-corrected chi connectivity index (χ0v) is 13.3. The summed E-state index contributed by atoms with van der Waals surface area (Å²) in [5.41, 5.74) is 7.85. The summed E-state index contributed by atoms with van der Waals surface area (Å²) in [6, 6.07) is 8.07. The van der Waals surface area contributed by atoms with E-state index in [1.54, 1.807) is 0 Å². The van der Waals surface area contributed by atoms with Crippen LogP contribution in [0.5, 0.6) is 0 Å². The maximum Gasteiger partial charge on any atom is 0.152 e. The van der Waals surface area contributed by atoms with Gasteiger partial charge in [-0.1, -0.05) is 25.1 Å². The maximum absolute atomic E-state index is 11.9. The maximum atomic E-state index is 11.9. The molecule has 0 unspecified atom stereocenters. The topological polar surface area (TPSA) is 63.4 Å². The highest BCUT2D eigenvalue weighted by Gasteiger charge is 2.14. The van der Waals surface area contributed by atoms with Crippen molar-refractivity contribution in [2.45, 2.75) is 26.7 Å². The van der Waals surface area contributed by atoms with E-state index in [-0.39, 0.29) is 11.5 Å². The van der Waals surface area contributed by atoms with E-state index in [2.05, 4.69) is 4.90 Å². The summed E-state index contributed by atoms with van der Waals surface area (Å²) >= 11 is 0. The van der Waals surface area contributed by atoms with Crippen molar-refractivity contribution in [3.63, 3.8) is 0 Å². The molecule has 0 radical (unpaired) electrons. The monoisotopic (exact) mass is 298 g/mol. The van der Waals surface area contributed by atoms with Crippen molar-refractivity contribution in [2.24, 2.45) is 5.73 Å². The molecule has 5 heteroatoms. The lowest BCUT2D eigenvalue weighted by Crippen LogP contribution is -2.32. The number of para-hydroxylation sites is 1. The fourth-order valence-corrected chi connectivity index (χ4v) is 3.54. The first kappa shape index (κ1) is 17.0. The Morgan fingerprint density at radius 1 is 1.15 bits per heavy atom. The molecule has 0 atom stereocenters. The summed E-state index contributed by atoms with van der Waals surface area (Å²) < 4.78 is 23.7. The van der Waals surface area contributed by atoms with E-state index in [0.717, 1.165) is 24.2 Å². The summed E-state index contributed by atoms with van der Waals surface area (Å²) in [6.07, 6.45) is 1.54. The molecule has 0 aliphatic carbocycles. The van der Waals surface area contributed by atoms with Gasteiger partial charge in [-0.2, -0.15) is 0 Å². The van der Waals surface area contributed by atoms with Gasteiger partial charge in [-0.05, 0) is 37.9 Å². The van der Waals surface area contributed by atoms with Gasteiger partial charge >= 0.3 is 0 Å². The van der Waals surface area contributed by atoms with E-state index in [0.29, 0.717) is 19.5 Å². The molecule has 1 aromatic rings. The van der Waals surface area contributed by atoms with Crippen LogP contribution in [0.3, 0.4) is 0 Å². The molecule has 0 saturated heterocycles. The zero-order valence-electron chi connectivity index (χ0n) is 12.5. The number of aryl methyl sites for hydroxylation is 1. The van der Waals surface area contributed by atoms with Crippen LogP contribution < -0.4 is 10.6 Å². The number of benzene rings is 1. The number of nitrogens with zero attached hydrogens (tertiary/aromatic N) is 1. The molecule has 1 aromatic carbocycles. The molecule has 0 aromatic heterocycles. The largest absolute Gasteiger partial charge is 0.370 e. The highest BCUT2D eigenvalue weighted by atomic mass is 32.2. The predicted molar refractivity (Wildman–Crippen MR) is 86.0 cm³/mol. The van der Waals surface area contributed by atoms with Crippen molar-refractivity contribution in [3.8, 4) is 0 Å². The van der Waals surface area contributed by atoms with Crippen LogP contribution in [-0.2, 0) is 9.84 Å². The van der Waals surface area contributed by atoms with Gasteiger partial charge in [-0.15, -0.1) is 0 Å². The van der Waals surface area contributed by atoms with E-state index in [1.807, 2.05) is 38.1 Å². The Labute approximate surface area is 122 Å². The molecule has 0 fully saturated rings. The number of hydrogen-bond acceptors (Lipinski definition) is 4. The molecular formula is C15H26N2O2S. The molecule has 1 rings (SSSR count). The first-order valence-corrected chi connectivity index (χ1v) is 9.03. The standard InChI is InChI=1S/C15H26N2O2S/c1-3-12-20(18,19)13-11-17(10-6-9-16)15-8-5-4-7-14(15)2/h4-5,7-8H,3,6,9-13,16H2,1-2H3. The molecule has 0 aliphatic heterocycles. The first-order chi connectivity index (χ1) is 9.50. The second-order valence-corrected chi connectivity index (χ2v) is 7.37. The molecule has 0 heterocycles. The quantitative estimate of drug-likeness (QED) is 0.757. The third kappa shape index (κ3) is 5.51. The van der Waals surface area contributed by atoms with Gasteiger partial charge in [0.05, 0.1) is 5.75 Å². The number of nitrogens with two attached hydrogens (primary N) is 1. The summed E-state index contributed by atoms with van der Waals surface area (Å²) in [6.45, 7) is 5.89. The Kier molecular flexibility index (Phi) is 7.02. The third-order valence-corrected chi connectivity index (χ3v) is 5.11. The van der Waals surface area contributed by atoms with Gasteiger partial charge in [0.15, 0.2) is 9.84 Å². The second-order valence-electron chi connectivity index (χ2n) is 5.07. The van der Waals surface area contributed by atoms with E-state index < -0.39 is 9.84 Å². The normalized spacial score (nSPS) is 11.6. The third-order valence-electron chi connectivity index (χ3n) is 3.28. The summed E-state index contributed by atoms with van der Waals surface area (Å²) in [5, 5.41) is 0. The van der Waals surface area contributed by atoms with Crippen molar-refractivity contribution in [3.05, 3.63) is 29.8 Å². The molecule has 2 N–H and O–H groups in total. The van der Waals surface area contributed by atoms with Gasteiger partial charge in [0, 0.05) is 24.5 Å². The van der Waals surface area contributed by atoms with Gasteiger partial charge in [0.1, 0.15) is 0 Å². The van der Waals surface area contributed by atoms with E-state index >= 15 is 0 Å². The number of hydrogen-bond donors (Lipinski definition) is 1. The number of anilines is 1. The summed E-state index contributed by atoms with van der Waals surface area (Å²) in [5.74, 6) is 0.477. The van der Waals surface area contributed by atoms with Crippen molar-refractivity contribution in [1.82, 2.24) is 0 Å². The van der Waals surface area contributed by atoms with Gasteiger partial charge < -0.3 is 10.6 Å². The average Bonchev–Trinajstić information content (AvgIpc) is 2.40. The van der Waals surface area contributed by atoms with Crippen molar-refractivity contribution in [1.29, 1.82) is 0 Å². The number of sulfone groups is 1. The molecule has 20 heavy (non-hydrogen) atoms.